The van der Waals surface area contributed by atoms with Crippen molar-refractivity contribution in [2.75, 3.05) is 0 Å². The summed E-state index contributed by atoms with van der Waals surface area (Å²) in [5.41, 5.74) is 10.9. The summed E-state index contributed by atoms with van der Waals surface area (Å²) < 4.78 is 25.4. The first-order valence-corrected chi connectivity index (χ1v) is 17.5. The molecule has 5 heteroatoms. The molecule has 3 nitrogen and oxygen atoms in total. The maximum Gasteiger partial charge on any atom is 0.0770 e. The Hall–Kier alpha value is -3.89. The summed E-state index contributed by atoms with van der Waals surface area (Å²) in [6.45, 7) is 14.7. The van der Waals surface area contributed by atoms with E-state index in [9.17, 15) is 0 Å². The second kappa shape index (κ2) is 15.3. The van der Waals surface area contributed by atoms with Crippen LogP contribution in [0.15, 0.2) is 103 Å². The maximum atomic E-state index is 7.23. The molecule has 0 saturated heterocycles. The third-order valence-electron chi connectivity index (χ3n) is 8.81. The van der Waals surface area contributed by atoms with Crippen molar-refractivity contribution in [2.24, 2.45) is 0 Å². The van der Waals surface area contributed by atoms with Crippen LogP contribution in [0.1, 0.15) is 92.2 Å². The smallest absolute Gasteiger partial charge is 0.0770 e. The Morgan fingerprint density at radius 2 is 1.59 bits per heavy atom. The van der Waals surface area contributed by atoms with E-state index in [2.05, 4.69) is 130 Å². The Bertz CT molecular complexity index is 2240. The fraction of sp³-hybridized carbons (Fsp3) is 0.273. The quantitative estimate of drug-likeness (QED) is 0.156. The number of aryl methyl sites for hydroxylation is 1. The first kappa shape index (κ1) is 32.3. The molecular weight excluding hydrogens is 795 g/mol. The molecule has 0 aliphatic heterocycles. The van der Waals surface area contributed by atoms with E-state index in [0.717, 1.165) is 34.7 Å². The number of nitrogens with zero attached hydrogens (tertiary/aromatic N) is 3. The van der Waals surface area contributed by atoms with Crippen molar-refractivity contribution in [3.63, 3.8) is 0 Å². The molecule has 1 radical (unpaired) electrons. The third-order valence-corrected chi connectivity index (χ3v) is 9.70. The van der Waals surface area contributed by atoms with Gasteiger partial charge in [-0.15, -0.1) is 47.3 Å². The first-order valence-electron chi connectivity index (χ1n) is 18.2. The van der Waals surface area contributed by atoms with Crippen LogP contribution in [0.25, 0.3) is 43.8 Å². The van der Waals surface area contributed by atoms with Crippen molar-refractivity contribution in [2.45, 2.75) is 79.1 Å². The van der Waals surface area contributed by atoms with E-state index in [1.165, 1.54) is 44.1 Å². The number of imidazole rings is 1. The Balaban J connectivity index is 0.000000258. The van der Waals surface area contributed by atoms with Gasteiger partial charge in [0.15, 0.2) is 0 Å². The molecule has 0 bridgehead atoms. The number of hydrogen-bond donors (Lipinski definition) is 0. The summed E-state index contributed by atoms with van der Waals surface area (Å²) >= 11 is 1.69. The Labute approximate surface area is 314 Å². The number of thiophene rings is 1. The number of benzene rings is 4. The minimum Gasteiger partial charge on any atom is -0.360 e. The van der Waals surface area contributed by atoms with Gasteiger partial charge in [-0.2, -0.15) is 0 Å². The molecule has 3 aromatic heterocycles. The van der Waals surface area contributed by atoms with Crippen LogP contribution in [0.3, 0.4) is 0 Å². The van der Waals surface area contributed by atoms with E-state index in [1.807, 2.05) is 18.2 Å². The zero-order chi connectivity index (χ0) is 36.5. The van der Waals surface area contributed by atoms with Crippen molar-refractivity contribution in [3.05, 3.63) is 143 Å². The number of fused-ring (bicyclic) bond motifs is 2. The summed E-state index contributed by atoms with van der Waals surface area (Å²) in [6.07, 6.45) is 1.39. The molecule has 0 saturated carbocycles. The van der Waals surface area contributed by atoms with Gasteiger partial charge in [0.25, 0.3) is 0 Å². The standard InChI is InChI=1S/C32H35N2S.C12H10N.Ir/c1-20(2)23-11-10-12-24(21(3)4)26(23)18-34-29-14-9-8-13-28(29)33-31(34)27-19-35-30-16-15-22(17-25(27)30)32(5,6)7;1-10-7-8-12(13-9-10)11-5-3-2-4-6-11;/h8-17,20-21H,18H2,1-7H3;2-5,7-9H,1H3;/q2*-1;/i;1D3;. The predicted octanol–water partition coefficient (Wildman–Crippen LogP) is 12.2. The molecule has 49 heavy (non-hydrogen) atoms. The van der Waals surface area contributed by atoms with Gasteiger partial charge in [-0.3, -0.25) is 16.3 Å². The largest absolute Gasteiger partial charge is 0.360 e. The molecule has 7 rings (SSSR count). The van der Waals surface area contributed by atoms with Crippen LogP contribution >= 0.6 is 11.3 Å². The van der Waals surface area contributed by atoms with Gasteiger partial charge in [0.1, 0.15) is 0 Å². The van der Waals surface area contributed by atoms with E-state index in [4.69, 9.17) is 9.10 Å². The van der Waals surface area contributed by atoms with Gasteiger partial charge in [-0.1, -0.05) is 124 Å². The van der Waals surface area contributed by atoms with Gasteiger partial charge in [0.05, 0.1) is 16.9 Å². The maximum absolute atomic E-state index is 7.23. The van der Waals surface area contributed by atoms with E-state index in [-0.39, 0.29) is 31.1 Å². The molecule has 0 fully saturated rings. The first-order chi connectivity index (χ1) is 24.2. The molecule has 0 aliphatic rings. The molecule has 0 spiro atoms. The van der Waals surface area contributed by atoms with Crippen molar-refractivity contribution in [3.8, 4) is 22.6 Å². The van der Waals surface area contributed by atoms with Crippen molar-refractivity contribution in [1.82, 2.24) is 14.5 Å². The van der Waals surface area contributed by atoms with Crippen LogP contribution in [0, 0.1) is 18.3 Å². The van der Waals surface area contributed by atoms with Gasteiger partial charge in [-0.25, -0.2) is 0 Å². The number of aromatic nitrogens is 3. The van der Waals surface area contributed by atoms with Crippen LogP contribution in [-0.4, -0.2) is 14.5 Å². The summed E-state index contributed by atoms with van der Waals surface area (Å²) in [5, 5.41) is 4.88. The predicted molar refractivity (Wildman–Crippen MR) is 205 cm³/mol. The average molecular weight is 843 g/mol. The molecule has 253 valence electrons. The normalized spacial score (nSPS) is 12.7. The van der Waals surface area contributed by atoms with Gasteiger partial charge in [0.2, 0.25) is 0 Å². The van der Waals surface area contributed by atoms with Crippen LogP contribution in [0.4, 0.5) is 0 Å². The van der Waals surface area contributed by atoms with Crippen molar-refractivity contribution >= 4 is 32.5 Å². The third kappa shape index (κ3) is 7.96. The summed E-state index contributed by atoms with van der Waals surface area (Å²) in [7, 11) is 0. The second-order valence-corrected chi connectivity index (χ2v) is 14.8. The molecule has 0 aliphatic carbocycles. The van der Waals surface area contributed by atoms with Crippen LogP contribution in [0.5, 0.6) is 0 Å². The van der Waals surface area contributed by atoms with Gasteiger partial charge in [0, 0.05) is 37.0 Å². The number of para-hydroxylation sites is 2. The molecule has 0 N–H and O–H groups in total. The van der Waals surface area contributed by atoms with E-state index in [1.54, 1.807) is 29.5 Å². The van der Waals surface area contributed by atoms with E-state index >= 15 is 0 Å². The average Bonchev–Trinajstić information content (AvgIpc) is 3.69. The van der Waals surface area contributed by atoms with Crippen LogP contribution < -0.4 is 0 Å². The monoisotopic (exact) mass is 843 g/mol. The molecule has 0 amide bonds. The molecule has 4 aromatic carbocycles. The van der Waals surface area contributed by atoms with E-state index < -0.39 is 6.85 Å². The number of rotatable bonds is 6. The van der Waals surface area contributed by atoms with Crippen molar-refractivity contribution in [1.29, 1.82) is 0 Å². The molecule has 7 aromatic rings. The number of pyridine rings is 1. The summed E-state index contributed by atoms with van der Waals surface area (Å²) in [4.78, 5) is 9.30. The van der Waals surface area contributed by atoms with Crippen LogP contribution in [0.2, 0.25) is 0 Å². The zero-order valence-corrected chi connectivity index (χ0v) is 32.5. The topological polar surface area (TPSA) is 30.7 Å². The molecule has 0 atom stereocenters. The summed E-state index contributed by atoms with van der Waals surface area (Å²) in [5.74, 6) is 1.94. The Morgan fingerprint density at radius 1 is 0.857 bits per heavy atom. The Kier molecular flexibility index (Phi) is 10.1. The van der Waals surface area contributed by atoms with Crippen molar-refractivity contribution < 1.29 is 24.2 Å². The van der Waals surface area contributed by atoms with Gasteiger partial charge in [-0.05, 0) is 64.2 Å². The Morgan fingerprint density at radius 3 is 2.22 bits per heavy atom. The number of hydrogen-bond acceptors (Lipinski definition) is 3. The minimum absolute atomic E-state index is 0. The summed E-state index contributed by atoms with van der Waals surface area (Å²) in [6, 6.07) is 36.0. The fourth-order valence-electron chi connectivity index (χ4n) is 6.19. The minimum atomic E-state index is -2.09. The van der Waals surface area contributed by atoms with Gasteiger partial charge < -0.3 is 9.55 Å². The van der Waals surface area contributed by atoms with Gasteiger partial charge >= 0.3 is 0 Å². The van der Waals surface area contributed by atoms with Crippen LogP contribution in [-0.2, 0) is 32.1 Å². The molecule has 0 unspecified atom stereocenters. The fourth-order valence-corrected chi connectivity index (χ4v) is 7.01. The molecule has 3 heterocycles. The van der Waals surface area contributed by atoms with E-state index in [0.29, 0.717) is 11.8 Å². The molecular formula is C44H45IrN3S-2. The second-order valence-electron chi connectivity index (χ2n) is 14.0. The zero-order valence-electron chi connectivity index (χ0n) is 32.3. The SMILES string of the molecule is CC(C)c1cccc(C(C)C)c1Cn1c(-c2[c-]sc3ccc(C(C)(C)C)cc23)nc2ccccc21.[2H]C([2H])([2H])c1ccc(-c2[c-]cccc2)nc1.[Ir].